The van der Waals surface area contributed by atoms with Crippen LogP contribution in [0.25, 0.3) is 0 Å². The van der Waals surface area contributed by atoms with Gasteiger partial charge in [0, 0.05) is 41.8 Å². The molecule has 0 saturated heterocycles. The van der Waals surface area contributed by atoms with E-state index >= 15 is 0 Å². The summed E-state index contributed by atoms with van der Waals surface area (Å²) in [7, 11) is -3.22. The third-order valence-electron chi connectivity index (χ3n) is 5.67. The zero-order valence-electron chi connectivity index (χ0n) is 15.8. The Morgan fingerprint density at radius 1 is 1.37 bits per heavy atom. The van der Waals surface area contributed by atoms with Crippen LogP contribution in [0.2, 0.25) is 0 Å². The van der Waals surface area contributed by atoms with Crippen LogP contribution in [-0.4, -0.2) is 37.2 Å². The van der Waals surface area contributed by atoms with E-state index in [0.717, 1.165) is 67.9 Å². The number of carbonyl (C=O) groups excluding carboxylic acids is 1. The molecule has 7 heteroatoms. The molecule has 1 N–H and O–H groups in total. The fourth-order valence-corrected chi connectivity index (χ4v) is 4.69. The first-order valence-corrected chi connectivity index (χ1v) is 11.6. The first-order chi connectivity index (χ1) is 12.8. The van der Waals surface area contributed by atoms with Crippen LogP contribution in [0.15, 0.2) is 17.7 Å². The van der Waals surface area contributed by atoms with Crippen molar-refractivity contribution >= 4 is 15.7 Å². The van der Waals surface area contributed by atoms with E-state index in [4.69, 9.17) is 4.74 Å². The van der Waals surface area contributed by atoms with Crippen molar-refractivity contribution in [2.24, 2.45) is 0 Å². The molecular formula is C20H26N2O4S. The summed E-state index contributed by atoms with van der Waals surface area (Å²) in [6.07, 6.45) is 11.8. The van der Waals surface area contributed by atoms with Gasteiger partial charge in [0.05, 0.1) is 11.3 Å². The summed E-state index contributed by atoms with van der Waals surface area (Å²) in [6.45, 7) is 1.74. The SMILES string of the molecule is C[C@@H](/C=C/S(C)(=O)=O)NC(=O)c1cnc(C2CC2)c2c1OC1(CCCC1)C2. The van der Waals surface area contributed by atoms with Gasteiger partial charge in [-0.05, 0) is 45.4 Å². The second-order valence-corrected chi connectivity index (χ2v) is 10.2. The topological polar surface area (TPSA) is 85.4 Å². The molecule has 3 aliphatic rings. The maximum atomic E-state index is 12.8. The van der Waals surface area contributed by atoms with Crippen LogP contribution >= 0.6 is 0 Å². The smallest absolute Gasteiger partial charge is 0.257 e. The third-order valence-corrected chi connectivity index (χ3v) is 6.33. The summed E-state index contributed by atoms with van der Waals surface area (Å²) in [5, 5.41) is 3.94. The highest BCUT2D eigenvalue weighted by molar-refractivity contribution is 7.93. The number of pyridine rings is 1. The van der Waals surface area contributed by atoms with E-state index in [1.54, 1.807) is 13.1 Å². The molecule has 2 aliphatic carbocycles. The lowest BCUT2D eigenvalue weighted by atomic mass is 9.93. The second kappa shape index (κ2) is 6.62. The average molecular weight is 391 g/mol. The summed E-state index contributed by atoms with van der Waals surface area (Å²) in [5.74, 6) is 0.931. The zero-order valence-corrected chi connectivity index (χ0v) is 16.6. The van der Waals surface area contributed by atoms with Gasteiger partial charge in [0.1, 0.15) is 11.4 Å². The molecule has 2 heterocycles. The number of nitrogens with one attached hydrogen (secondary N) is 1. The number of carbonyl (C=O) groups is 1. The summed E-state index contributed by atoms with van der Waals surface area (Å²) < 4.78 is 28.9. The number of hydrogen-bond acceptors (Lipinski definition) is 5. The van der Waals surface area contributed by atoms with Gasteiger partial charge in [0.25, 0.3) is 5.91 Å². The molecule has 4 rings (SSSR count). The van der Waals surface area contributed by atoms with Crippen molar-refractivity contribution in [2.45, 2.75) is 69.4 Å². The van der Waals surface area contributed by atoms with E-state index in [-0.39, 0.29) is 11.5 Å². The lowest BCUT2D eigenvalue weighted by molar-refractivity contribution is 0.0901. The van der Waals surface area contributed by atoms with Gasteiger partial charge < -0.3 is 10.1 Å². The zero-order chi connectivity index (χ0) is 19.2. The number of amides is 1. The van der Waals surface area contributed by atoms with Crippen LogP contribution in [0.5, 0.6) is 5.75 Å². The van der Waals surface area contributed by atoms with Crippen LogP contribution in [0.1, 0.15) is 73.0 Å². The summed E-state index contributed by atoms with van der Waals surface area (Å²) in [4.78, 5) is 17.5. The van der Waals surface area contributed by atoms with Crippen molar-refractivity contribution in [2.75, 3.05) is 6.26 Å². The standard InChI is InChI=1S/C20H26N2O4S/c1-13(7-10-27(2,24)25)22-19(23)16-12-21-17(14-5-6-14)15-11-20(26-18(15)16)8-3-4-9-20/h7,10,12-14H,3-6,8-9,11H2,1-2H3,(H,22,23)/b10-7+/t13-/m0/s1. The Morgan fingerprint density at radius 3 is 2.70 bits per heavy atom. The molecule has 1 atom stereocenters. The van der Waals surface area contributed by atoms with Gasteiger partial charge in [0.15, 0.2) is 9.84 Å². The minimum atomic E-state index is -3.22. The van der Waals surface area contributed by atoms with Gasteiger partial charge in [-0.25, -0.2) is 8.42 Å². The predicted octanol–water partition coefficient (Wildman–Crippen LogP) is 2.88. The largest absolute Gasteiger partial charge is 0.486 e. The average Bonchev–Trinajstić information content (AvgIpc) is 3.22. The van der Waals surface area contributed by atoms with Crippen LogP contribution in [0.3, 0.4) is 0 Å². The van der Waals surface area contributed by atoms with E-state index in [2.05, 4.69) is 10.3 Å². The molecule has 0 bridgehead atoms. The Morgan fingerprint density at radius 2 is 2.07 bits per heavy atom. The van der Waals surface area contributed by atoms with Crippen molar-refractivity contribution in [1.29, 1.82) is 0 Å². The molecule has 1 spiro atoms. The second-order valence-electron chi connectivity index (χ2n) is 8.23. The molecular weight excluding hydrogens is 364 g/mol. The Labute approximate surface area is 160 Å². The quantitative estimate of drug-likeness (QED) is 0.836. The molecule has 6 nitrogen and oxygen atoms in total. The maximum absolute atomic E-state index is 12.8. The van der Waals surface area contributed by atoms with E-state index in [1.165, 1.54) is 6.08 Å². The molecule has 1 aromatic heterocycles. The normalized spacial score (nSPS) is 22.0. The summed E-state index contributed by atoms with van der Waals surface area (Å²) in [5.41, 5.74) is 2.52. The van der Waals surface area contributed by atoms with Crippen molar-refractivity contribution in [3.05, 3.63) is 34.5 Å². The number of aromatic nitrogens is 1. The first kappa shape index (κ1) is 18.5. The number of fused-ring (bicyclic) bond motifs is 1. The maximum Gasteiger partial charge on any atom is 0.257 e. The van der Waals surface area contributed by atoms with Crippen molar-refractivity contribution in [3.63, 3.8) is 0 Å². The van der Waals surface area contributed by atoms with E-state index in [1.807, 2.05) is 0 Å². The molecule has 0 radical (unpaired) electrons. The highest BCUT2D eigenvalue weighted by Crippen LogP contribution is 2.51. The first-order valence-electron chi connectivity index (χ1n) is 9.66. The number of hydrogen-bond donors (Lipinski definition) is 1. The minimum Gasteiger partial charge on any atom is -0.486 e. The highest BCUT2D eigenvalue weighted by atomic mass is 32.2. The number of sulfone groups is 1. The number of nitrogens with zero attached hydrogens (tertiary/aromatic N) is 1. The molecule has 0 unspecified atom stereocenters. The number of rotatable bonds is 5. The fourth-order valence-electron chi connectivity index (χ4n) is 4.17. The van der Waals surface area contributed by atoms with E-state index in [0.29, 0.717) is 17.2 Å². The van der Waals surface area contributed by atoms with Crippen molar-refractivity contribution in [3.8, 4) is 5.75 Å². The van der Waals surface area contributed by atoms with Crippen LogP contribution in [0.4, 0.5) is 0 Å². The van der Waals surface area contributed by atoms with Gasteiger partial charge >= 0.3 is 0 Å². The van der Waals surface area contributed by atoms with E-state index < -0.39 is 15.9 Å². The van der Waals surface area contributed by atoms with Crippen LogP contribution in [-0.2, 0) is 16.3 Å². The van der Waals surface area contributed by atoms with Gasteiger partial charge in [-0.2, -0.15) is 0 Å². The lowest BCUT2D eigenvalue weighted by Gasteiger charge is -2.23. The Kier molecular flexibility index (Phi) is 4.53. The molecule has 1 amide bonds. The van der Waals surface area contributed by atoms with Gasteiger partial charge in [-0.15, -0.1) is 0 Å². The molecule has 1 aliphatic heterocycles. The lowest BCUT2D eigenvalue weighted by Crippen LogP contribution is -2.33. The molecule has 146 valence electrons. The minimum absolute atomic E-state index is 0.161. The predicted molar refractivity (Wildman–Crippen MR) is 103 cm³/mol. The van der Waals surface area contributed by atoms with Crippen molar-refractivity contribution < 1.29 is 17.9 Å². The summed E-state index contributed by atoms with van der Waals surface area (Å²) >= 11 is 0. The highest BCUT2D eigenvalue weighted by Gasteiger charge is 2.46. The van der Waals surface area contributed by atoms with Gasteiger partial charge in [-0.1, -0.05) is 6.08 Å². The molecule has 27 heavy (non-hydrogen) atoms. The summed E-state index contributed by atoms with van der Waals surface area (Å²) in [6, 6.07) is -0.409. The van der Waals surface area contributed by atoms with Gasteiger partial charge in [0.2, 0.25) is 0 Å². The van der Waals surface area contributed by atoms with E-state index in [9.17, 15) is 13.2 Å². The Hall–Kier alpha value is -1.89. The van der Waals surface area contributed by atoms with Gasteiger partial charge in [-0.3, -0.25) is 9.78 Å². The van der Waals surface area contributed by atoms with Crippen molar-refractivity contribution in [1.82, 2.24) is 10.3 Å². The molecule has 2 fully saturated rings. The Balaban J connectivity index is 1.60. The third kappa shape index (κ3) is 3.88. The van der Waals surface area contributed by atoms with Crippen LogP contribution < -0.4 is 10.1 Å². The Bertz CT molecular complexity index is 897. The number of ether oxygens (including phenoxy) is 1. The van der Waals surface area contributed by atoms with Crippen LogP contribution in [0, 0.1) is 0 Å². The monoisotopic (exact) mass is 390 g/mol. The fraction of sp³-hybridized carbons (Fsp3) is 0.600. The molecule has 1 aromatic rings. The molecule has 0 aromatic carbocycles. The molecule has 2 saturated carbocycles.